The summed E-state index contributed by atoms with van der Waals surface area (Å²) in [5.74, 6) is 0. The van der Waals surface area contributed by atoms with Crippen molar-refractivity contribution >= 4 is 45.9 Å². The molecule has 0 N–H and O–H groups in total. The second-order valence-corrected chi connectivity index (χ2v) is 7.27. The van der Waals surface area contributed by atoms with Crippen LogP contribution < -0.4 is 0 Å². The van der Waals surface area contributed by atoms with E-state index in [1.165, 1.54) is 11.3 Å². The van der Waals surface area contributed by atoms with Crippen molar-refractivity contribution in [1.82, 2.24) is 10.2 Å². The van der Waals surface area contributed by atoms with E-state index >= 15 is 0 Å². The van der Waals surface area contributed by atoms with Crippen LogP contribution in [-0.2, 0) is 6.42 Å². The number of rotatable bonds is 7. The predicted octanol–water partition coefficient (Wildman–Crippen LogP) is 7.27. The zero-order valence-electron chi connectivity index (χ0n) is 16.1. The molecule has 0 spiro atoms. The molecule has 3 rings (SSSR count). The molecule has 0 aliphatic carbocycles. The van der Waals surface area contributed by atoms with Crippen molar-refractivity contribution in [3.8, 4) is 0 Å². The largest absolute Gasteiger partial charge is 0.265 e. The van der Waals surface area contributed by atoms with Crippen LogP contribution >= 0.6 is 11.3 Å². The number of aliphatic imine (C=N–C) groups is 1. The predicted molar refractivity (Wildman–Crippen MR) is 114 cm³/mol. The summed E-state index contributed by atoms with van der Waals surface area (Å²) >= 11 is 1.47. The van der Waals surface area contributed by atoms with E-state index in [0.29, 0.717) is 5.13 Å². The lowest BCUT2D eigenvalue weighted by Gasteiger charge is -2.01. The van der Waals surface area contributed by atoms with E-state index < -0.39 is 0 Å². The Morgan fingerprint density at radius 3 is 2.14 bits per heavy atom. The van der Waals surface area contributed by atoms with Crippen molar-refractivity contribution in [1.29, 1.82) is 0 Å². The van der Waals surface area contributed by atoms with Gasteiger partial charge in [-0.1, -0.05) is 18.3 Å². The first-order valence-electron chi connectivity index (χ1n) is 8.93. The second-order valence-electron chi connectivity index (χ2n) is 6.23. The smallest absolute Gasteiger partial charge is 0.251 e. The van der Waals surface area contributed by atoms with E-state index in [-0.39, 0.29) is 0 Å². The van der Waals surface area contributed by atoms with E-state index in [4.69, 9.17) is 0 Å². The van der Waals surface area contributed by atoms with Crippen LogP contribution in [0.15, 0.2) is 61.8 Å². The van der Waals surface area contributed by atoms with Gasteiger partial charge in [-0.15, -0.1) is 20.4 Å². The molecular weight excluding hydrogens is 370 g/mol. The first-order valence-corrected chi connectivity index (χ1v) is 9.74. The number of hydrogen-bond donors (Lipinski definition) is 0. The van der Waals surface area contributed by atoms with Gasteiger partial charge in [-0.05, 0) is 74.5 Å². The molecule has 0 atom stereocenters. The summed E-state index contributed by atoms with van der Waals surface area (Å²) in [6.07, 6.45) is 1.95. The molecule has 0 aliphatic heterocycles. The Morgan fingerprint density at radius 2 is 1.50 bits per heavy atom. The molecule has 0 aliphatic rings. The van der Waals surface area contributed by atoms with Crippen LogP contribution in [0, 0.1) is 13.8 Å². The Balaban J connectivity index is 1.72. The van der Waals surface area contributed by atoms with E-state index in [0.717, 1.165) is 51.7 Å². The second kappa shape index (κ2) is 9.18. The van der Waals surface area contributed by atoms with Gasteiger partial charge in [-0.25, -0.2) is 0 Å². The fourth-order valence-electron chi connectivity index (χ4n) is 2.47. The molecule has 7 nitrogen and oxygen atoms in total. The fourth-order valence-corrected chi connectivity index (χ4v) is 3.23. The molecule has 0 radical (unpaired) electrons. The molecule has 0 bridgehead atoms. The molecule has 2 aromatic carbocycles. The highest BCUT2D eigenvalue weighted by Gasteiger charge is 2.04. The van der Waals surface area contributed by atoms with Crippen LogP contribution in [0.1, 0.15) is 29.5 Å². The summed E-state index contributed by atoms with van der Waals surface area (Å²) in [4.78, 5) is 3.91. The third-order valence-corrected chi connectivity index (χ3v) is 4.85. The number of aromatic nitrogens is 2. The summed E-state index contributed by atoms with van der Waals surface area (Å²) in [5, 5.41) is 26.8. The van der Waals surface area contributed by atoms with Crippen molar-refractivity contribution in [2.75, 3.05) is 0 Å². The molecule has 28 heavy (non-hydrogen) atoms. The molecule has 0 fully saturated rings. The molecule has 0 saturated heterocycles. The third-order valence-electron chi connectivity index (χ3n) is 3.98. The molecule has 3 aromatic rings. The van der Waals surface area contributed by atoms with Crippen molar-refractivity contribution in [2.24, 2.45) is 25.4 Å². The topological polar surface area (TPSA) is 87.6 Å². The maximum Gasteiger partial charge on any atom is 0.251 e. The van der Waals surface area contributed by atoms with Gasteiger partial charge >= 0.3 is 0 Å². The summed E-state index contributed by atoms with van der Waals surface area (Å²) in [7, 11) is 0. The molecular formula is C20H21N7S. The standard InChI is InChI=1S/C20H21N7S/c1-5-6-19-25-27-20(28-19)26-24-18-10-8-16(12-14(18)3)22-23-17-9-7-15(21-4)11-13(17)2/h7-12H,4-6H2,1-3H3/b23-22+,26-24+. The first-order chi connectivity index (χ1) is 13.6. The summed E-state index contributed by atoms with van der Waals surface area (Å²) < 4.78 is 0. The van der Waals surface area contributed by atoms with Crippen molar-refractivity contribution in [3.05, 3.63) is 52.5 Å². The molecule has 1 heterocycles. The molecule has 0 amide bonds. The minimum atomic E-state index is 0.569. The summed E-state index contributed by atoms with van der Waals surface area (Å²) in [5.41, 5.74) is 5.09. The van der Waals surface area contributed by atoms with E-state index in [1.807, 2.05) is 50.2 Å². The molecule has 142 valence electrons. The average molecular weight is 392 g/mol. The minimum absolute atomic E-state index is 0.569. The monoisotopic (exact) mass is 391 g/mol. The minimum Gasteiger partial charge on any atom is -0.265 e. The number of azo groups is 2. The van der Waals surface area contributed by atoms with Crippen molar-refractivity contribution in [2.45, 2.75) is 33.6 Å². The molecule has 8 heteroatoms. The Morgan fingerprint density at radius 1 is 0.857 bits per heavy atom. The van der Waals surface area contributed by atoms with Gasteiger partial charge in [0, 0.05) is 6.42 Å². The van der Waals surface area contributed by atoms with Gasteiger partial charge in [-0.3, -0.25) is 4.99 Å². The van der Waals surface area contributed by atoms with Crippen molar-refractivity contribution in [3.63, 3.8) is 0 Å². The van der Waals surface area contributed by atoms with E-state index in [1.54, 1.807) is 0 Å². The molecule has 0 unspecified atom stereocenters. The maximum atomic E-state index is 4.33. The number of benzene rings is 2. The average Bonchev–Trinajstić information content (AvgIpc) is 3.14. The Labute approximate surface area is 168 Å². The van der Waals surface area contributed by atoms with Crippen LogP contribution in [0.25, 0.3) is 0 Å². The number of hydrogen-bond acceptors (Lipinski definition) is 8. The van der Waals surface area contributed by atoms with Crippen LogP contribution in [-0.4, -0.2) is 16.9 Å². The number of aryl methyl sites for hydroxylation is 3. The van der Waals surface area contributed by atoms with Crippen molar-refractivity contribution < 1.29 is 0 Å². The first kappa shape index (κ1) is 19.6. The summed E-state index contributed by atoms with van der Waals surface area (Å²) in [6.45, 7) is 9.57. The van der Waals surface area contributed by atoms with E-state index in [2.05, 4.69) is 49.3 Å². The van der Waals surface area contributed by atoms with Gasteiger partial charge in [0.05, 0.1) is 22.7 Å². The van der Waals surface area contributed by atoms with Crippen LogP contribution in [0.3, 0.4) is 0 Å². The van der Waals surface area contributed by atoms with Crippen LogP contribution in [0.4, 0.5) is 27.9 Å². The lowest BCUT2D eigenvalue weighted by molar-refractivity contribution is 0.877. The fraction of sp³-hybridized carbons (Fsp3) is 0.250. The number of nitrogens with zero attached hydrogens (tertiary/aromatic N) is 7. The normalized spacial score (nSPS) is 11.5. The zero-order chi connectivity index (χ0) is 19.9. The quantitative estimate of drug-likeness (QED) is 0.313. The van der Waals surface area contributed by atoms with Gasteiger partial charge in [-0.2, -0.15) is 10.2 Å². The van der Waals surface area contributed by atoms with Gasteiger partial charge in [0.15, 0.2) is 0 Å². The summed E-state index contributed by atoms with van der Waals surface area (Å²) in [6, 6.07) is 11.3. The van der Waals surface area contributed by atoms with E-state index in [9.17, 15) is 0 Å². The Bertz CT molecular complexity index is 1040. The highest BCUT2D eigenvalue weighted by atomic mass is 32.1. The lowest BCUT2D eigenvalue weighted by Crippen LogP contribution is -1.79. The zero-order valence-corrected chi connectivity index (χ0v) is 16.9. The van der Waals surface area contributed by atoms with Crippen LogP contribution in [0.2, 0.25) is 0 Å². The van der Waals surface area contributed by atoms with Gasteiger partial charge in [0.2, 0.25) is 0 Å². The molecule has 0 saturated carbocycles. The van der Waals surface area contributed by atoms with Gasteiger partial charge < -0.3 is 0 Å². The van der Waals surface area contributed by atoms with Gasteiger partial charge in [0.1, 0.15) is 5.01 Å². The SMILES string of the molecule is C=Nc1ccc(/N=N/c2ccc(/N=N/c3nnc(CCC)s3)c(C)c2)c(C)c1. The van der Waals surface area contributed by atoms with Crippen LogP contribution in [0.5, 0.6) is 0 Å². The third kappa shape index (κ3) is 4.98. The highest BCUT2D eigenvalue weighted by Crippen LogP contribution is 2.29. The lowest BCUT2D eigenvalue weighted by atomic mass is 10.2. The highest BCUT2D eigenvalue weighted by molar-refractivity contribution is 7.14. The van der Waals surface area contributed by atoms with Gasteiger partial charge in [0.25, 0.3) is 5.13 Å². The Kier molecular flexibility index (Phi) is 6.44. The Hall–Kier alpha value is -3.13. The maximum absolute atomic E-state index is 4.33. The molecule has 1 aromatic heterocycles.